The molecule has 1 aromatic heterocycles. The lowest BCUT2D eigenvalue weighted by atomic mass is 9.97. The highest BCUT2D eigenvalue weighted by atomic mass is 32.1. The van der Waals surface area contributed by atoms with Crippen molar-refractivity contribution >= 4 is 11.3 Å². The van der Waals surface area contributed by atoms with Gasteiger partial charge < -0.3 is 10.5 Å². The van der Waals surface area contributed by atoms with Gasteiger partial charge in [0, 0.05) is 6.54 Å². The number of rotatable bonds is 4. The summed E-state index contributed by atoms with van der Waals surface area (Å²) in [5.74, 6) is 0.975. The molecule has 0 unspecified atom stereocenters. The van der Waals surface area contributed by atoms with E-state index < -0.39 is 0 Å². The maximum absolute atomic E-state index is 5.78. The van der Waals surface area contributed by atoms with Crippen LogP contribution in [0.5, 0.6) is 5.75 Å². The third-order valence-corrected chi connectivity index (χ3v) is 3.87. The first kappa shape index (κ1) is 13.1. The van der Waals surface area contributed by atoms with Gasteiger partial charge in [-0.25, -0.2) is 0 Å². The average Bonchev–Trinajstić information content (AvgIpc) is 2.81. The SMILES string of the molecule is CCOc1cc(C)c(-c2cscc2CN)cc1C. The first-order valence-corrected chi connectivity index (χ1v) is 7.11. The molecular weight excluding hydrogens is 242 g/mol. The van der Waals surface area contributed by atoms with Crippen molar-refractivity contribution < 1.29 is 4.74 Å². The first-order valence-electron chi connectivity index (χ1n) is 6.17. The van der Waals surface area contributed by atoms with E-state index >= 15 is 0 Å². The lowest BCUT2D eigenvalue weighted by Crippen LogP contribution is -1.98. The van der Waals surface area contributed by atoms with Crippen LogP contribution in [0.3, 0.4) is 0 Å². The van der Waals surface area contributed by atoms with Gasteiger partial charge in [-0.3, -0.25) is 0 Å². The molecule has 0 spiro atoms. The van der Waals surface area contributed by atoms with Gasteiger partial charge in [-0.15, -0.1) is 0 Å². The van der Waals surface area contributed by atoms with Crippen molar-refractivity contribution in [3.63, 3.8) is 0 Å². The van der Waals surface area contributed by atoms with Gasteiger partial charge in [0.2, 0.25) is 0 Å². The topological polar surface area (TPSA) is 35.2 Å². The molecule has 18 heavy (non-hydrogen) atoms. The van der Waals surface area contributed by atoms with Crippen molar-refractivity contribution in [2.24, 2.45) is 5.73 Å². The van der Waals surface area contributed by atoms with Crippen LogP contribution in [0.2, 0.25) is 0 Å². The van der Waals surface area contributed by atoms with Gasteiger partial charge in [-0.1, -0.05) is 0 Å². The fraction of sp³-hybridized carbons (Fsp3) is 0.333. The Kier molecular flexibility index (Phi) is 4.04. The molecule has 1 aromatic carbocycles. The second kappa shape index (κ2) is 5.55. The molecule has 2 nitrogen and oxygen atoms in total. The van der Waals surface area contributed by atoms with Crippen LogP contribution in [0.25, 0.3) is 11.1 Å². The Bertz CT molecular complexity index is 545. The number of aryl methyl sites for hydroxylation is 2. The van der Waals surface area contributed by atoms with E-state index in [1.165, 1.54) is 27.8 Å². The molecule has 0 aliphatic heterocycles. The Morgan fingerprint density at radius 1 is 1.11 bits per heavy atom. The number of hydrogen-bond acceptors (Lipinski definition) is 3. The van der Waals surface area contributed by atoms with Gasteiger partial charge in [-0.2, -0.15) is 11.3 Å². The van der Waals surface area contributed by atoms with Gasteiger partial charge in [0.05, 0.1) is 6.61 Å². The van der Waals surface area contributed by atoms with Crippen LogP contribution in [-0.4, -0.2) is 6.61 Å². The van der Waals surface area contributed by atoms with Crippen LogP contribution < -0.4 is 10.5 Å². The van der Waals surface area contributed by atoms with E-state index in [1.807, 2.05) is 6.92 Å². The summed E-state index contributed by atoms with van der Waals surface area (Å²) in [6.45, 7) is 7.50. The molecule has 1 heterocycles. The number of nitrogens with two attached hydrogens (primary N) is 1. The molecule has 0 saturated carbocycles. The van der Waals surface area contributed by atoms with Crippen LogP contribution in [0, 0.1) is 13.8 Å². The lowest BCUT2D eigenvalue weighted by molar-refractivity contribution is 0.337. The van der Waals surface area contributed by atoms with Gasteiger partial charge in [0.25, 0.3) is 0 Å². The molecule has 0 bridgehead atoms. The van der Waals surface area contributed by atoms with Gasteiger partial charge in [-0.05, 0) is 71.5 Å². The zero-order valence-corrected chi connectivity index (χ0v) is 11.9. The average molecular weight is 261 g/mol. The largest absolute Gasteiger partial charge is 0.494 e. The maximum atomic E-state index is 5.78. The summed E-state index contributed by atoms with van der Waals surface area (Å²) in [5, 5.41) is 4.30. The Hall–Kier alpha value is -1.32. The number of benzene rings is 1. The van der Waals surface area contributed by atoms with Crippen LogP contribution >= 0.6 is 11.3 Å². The second-order valence-corrected chi connectivity index (χ2v) is 5.12. The predicted molar refractivity (Wildman–Crippen MR) is 78.3 cm³/mol. The predicted octanol–water partition coefficient (Wildman–Crippen LogP) is 3.89. The zero-order chi connectivity index (χ0) is 13.1. The van der Waals surface area contributed by atoms with Crippen molar-refractivity contribution in [3.05, 3.63) is 39.6 Å². The highest BCUT2D eigenvalue weighted by Crippen LogP contribution is 2.33. The third kappa shape index (κ3) is 2.42. The highest BCUT2D eigenvalue weighted by Gasteiger charge is 2.11. The van der Waals surface area contributed by atoms with Crippen LogP contribution in [0.1, 0.15) is 23.6 Å². The molecule has 2 N–H and O–H groups in total. The quantitative estimate of drug-likeness (QED) is 0.906. The van der Waals surface area contributed by atoms with Crippen molar-refractivity contribution in [2.75, 3.05) is 6.61 Å². The summed E-state index contributed by atoms with van der Waals surface area (Å²) >= 11 is 1.70. The molecule has 0 saturated heterocycles. The van der Waals surface area contributed by atoms with Crippen LogP contribution in [0.15, 0.2) is 22.9 Å². The summed E-state index contributed by atoms with van der Waals surface area (Å²) in [7, 11) is 0. The van der Waals surface area contributed by atoms with Gasteiger partial charge in [0.1, 0.15) is 5.75 Å². The minimum atomic E-state index is 0.588. The molecule has 0 aliphatic rings. The number of ether oxygens (including phenoxy) is 1. The summed E-state index contributed by atoms with van der Waals surface area (Å²) in [5.41, 5.74) is 11.9. The van der Waals surface area contributed by atoms with Crippen molar-refractivity contribution in [1.29, 1.82) is 0 Å². The van der Waals surface area contributed by atoms with E-state index in [2.05, 4.69) is 36.7 Å². The summed E-state index contributed by atoms with van der Waals surface area (Å²) in [6, 6.07) is 4.31. The van der Waals surface area contributed by atoms with Crippen LogP contribution in [-0.2, 0) is 6.54 Å². The van der Waals surface area contributed by atoms with Crippen molar-refractivity contribution in [3.8, 4) is 16.9 Å². The van der Waals surface area contributed by atoms with E-state index in [0.717, 1.165) is 5.75 Å². The maximum Gasteiger partial charge on any atom is 0.122 e. The summed E-state index contributed by atoms with van der Waals surface area (Å²) < 4.78 is 5.62. The highest BCUT2D eigenvalue weighted by molar-refractivity contribution is 7.08. The fourth-order valence-electron chi connectivity index (χ4n) is 2.11. The standard InChI is InChI=1S/C15H19NOS/c1-4-17-15-6-10(2)13(5-11(15)3)14-9-18-8-12(14)7-16/h5-6,8-9H,4,7,16H2,1-3H3. The molecule has 96 valence electrons. The van der Waals surface area contributed by atoms with Crippen molar-refractivity contribution in [1.82, 2.24) is 0 Å². The van der Waals surface area contributed by atoms with E-state index in [0.29, 0.717) is 13.2 Å². The Balaban J connectivity index is 2.49. The molecule has 3 heteroatoms. The molecular formula is C15H19NOS. The number of thiophene rings is 1. The molecule has 0 radical (unpaired) electrons. The normalized spacial score (nSPS) is 10.7. The summed E-state index contributed by atoms with van der Waals surface area (Å²) in [4.78, 5) is 0. The first-order chi connectivity index (χ1) is 8.67. The fourth-order valence-corrected chi connectivity index (χ4v) is 2.98. The number of hydrogen-bond donors (Lipinski definition) is 1. The van der Waals surface area contributed by atoms with Gasteiger partial charge >= 0.3 is 0 Å². The van der Waals surface area contributed by atoms with E-state index in [9.17, 15) is 0 Å². The minimum Gasteiger partial charge on any atom is -0.494 e. The monoisotopic (exact) mass is 261 g/mol. The molecule has 0 fully saturated rings. The minimum absolute atomic E-state index is 0.588. The molecule has 0 aliphatic carbocycles. The summed E-state index contributed by atoms with van der Waals surface area (Å²) in [6.07, 6.45) is 0. The second-order valence-electron chi connectivity index (χ2n) is 4.38. The third-order valence-electron chi connectivity index (χ3n) is 3.07. The van der Waals surface area contributed by atoms with E-state index in [-0.39, 0.29) is 0 Å². The van der Waals surface area contributed by atoms with Crippen LogP contribution in [0.4, 0.5) is 0 Å². The zero-order valence-electron chi connectivity index (χ0n) is 11.1. The lowest BCUT2D eigenvalue weighted by Gasteiger charge is -2.13. The molecule has 2 rings (SSSR count). The van der Waals surface area contributed by atoms with Gasteiger partial charge in [0.15, 0.2) is 0 Å². The molecule has 2 aromatic rings. The molecule has 0 amide bonds. The Labute approximate surface area is 112 Å². The van der Waals surface area contributed by atoms with E-state index in [4.69, 9.17) is 10.5 Å². The Morgan fingerprint density at radius 3 is 2.56 bits per heavy atom. The van der Waals surface area contributed by atoms with E-state index in [1.54, 1.807) is 11.3 Å². The Morgan fingerprint density at radius 2 is 1.89 bits per heavy atom. The van der Waals surface area contributed by atoms with Crippen molar-refractivity contribution in [2.45, 2.75) is 27.3 Å². The smallest absolute Gasteiger partial charge is 0.122 e. The molecule has 0 atom stereocenters.